The van der Waals surface area contributed by atoms with Crippen LogP contribution in [0.4, 0.5) is 10.3 Å². The minimum Gasteiger partial charge on any atom is -0.353 e. The average Bonchev–Trinajstić information content (AvgIpc) is 3.32. The van der Waals surface area contributed by atoms with Gasteiger partial charge >= 0.3 is 0 Å². The number of alkyl halides is 1. The Kier molecular flexibility index (Phi) is 4.10. The molecule has 1 saturated carbocycles. The number of rotatable bonds is 4. The standard InChI is InChI=1S/C14H18BrFN4O/c15-11-7-17-13(18-8-11)20-5-3-14(16,4-6-20)9-19-12(21)10-1-2-10/h7-8,10H,1-6,9H2,(H,19,21). The van der Waals surface area contributed by atoms with Crippen LogP contribution in [0.25, 0.3) is 0 Å². The maximum absolute atomic E-state index is 14.7. The number of carbonyl (C=O) groups is 1. The van der Waals surface area contributed by atoms with Crippen molar-refractivity contribution in [3.05, 3.63) is 16.9 Å². The molecular formula is C14H18BrFN4O. The molecule has 21 heavy (non-hydrogen) atoms. The van der Waals surface area contributed by atoms with Gasteiger partial charge in [-0.15, -0.1) is 0 Å². The van der Waals surface area contributed by atoms with Gasteiger partial charge in [-0.25, -0.2) is 14.4 Å². The van der Waals surface area contributed by atoms with E-state index in [4.69, 9.17) is 0 Å². The number of nitrogens with one attached hydrogen (secondary N) is 1. The van der Waals surface area contributed by atoms with Crippen molar-refractivity contribution in [1.29, 1.82) is 0 Å². The highest BCUT2D eigenvalue weighted by atomic mass is 79.9. The second kappa shape index (κ2) is 5.87. The molecule has 1 aliphatic heterocycles. The molecule has 1 aliphatic carbocycles. The maximum Gasteiger partial charge on any atom is 0.225 e. The van der Waals surface area contributed by atoms with E-state index in [0.717, 1.165) is 17.3 Å². The van der Waals surface area contributed by atoms with Gasteiger partial charge < -0.3 is 10.2 Å². The van der Waals surface area contributed by atoms with Gasteiger partial charge in [0.2, 0.25) is 11.9 Å². The number of nitrogens with zero attached hydrogens (tertiary/aromatic N) is 3. The average molecular weight is 357 g/mol. The summed E-state index contributed by atoms with van der Waals surface area (Å²) in [4.78, 5) is 22.0. The Balaban J connectivity index is 1.51. The molecule has 1 aromatic rings. The first-order chi connectivity index (χ1) is 10.1. The van der Waals surface area contributed by atoms with Crippen molar-refractivity contribution in [2.24, 2.45) is 5.92 Å². The monoisotopic (exact) mass is 356 g/mol. The lowest BCUT2D eigenvalue weighted by molar-refractivity contribution is -0.123. The van der Waals surface area contributed by atoms with Crippen molar-refractivity contribution in [2.75, 3.05) is 24.5 Å². The number of hydrogen-bond donors (Lipinski definition) is 1. The van der Waals surface area contributed by atoms with Gasteiger partial charge in [0.05, 0.1) is 11.0 Å². The number of hydrogen-bond acceptors (Lipinski definition) is 4. The lowest BCUT2D eigenvalue weighted by Gasteiger charge is -2.36. The first kappa shape index (κ1) is 14.7. The molecule has 2 heterocycles. The van der Waals surface area contributed by atoms with E-state index in [1.54, 1.807) is 12.4 Å². The van der Waals surface area contributed by atoms with Crippen LogP contribution in [0.3, 0.4) is 0 Å². The summed E-state index contributed by atoms with van der Waals surface area (Å²) < 4.78 is 15.5. The number of piperidine rings is 1. The second-order valence-electron chi connectivity index (χ2n) is 5.83. The van der Waals surface area contributed by atoms with E-state index < -0.39 is 5.67 Å². The zero-order valence-corrected chi connectivity index (χ0v) is 13.3. The van der Waals surface area contributed by atoms with Gasteiger partial charge in [-0.2, -0.15) is 0 Å². The summed E-state index contributed by atoms with van der Waals surface area (Å²) in [5, 5.41) is 2.75. The summed E-state index contributed by atoms with van der Waals surface area (Å²) in [5.41, 5.74) is -1.31. The zero-order valence-electron chi connectivity index (χ0n) is 11.7. The fourth-order valence-corrected chi connectivity index (χ4v) is 2.69. The van der Waals surface area contributed by atoms with Crippen LogP contribution in [0.2, 0.25) is 0 Å². The molecule has 1 N–H and O–H groups in total. The molecule has 7 heteroatoms. The topological polar surface area (TPSA) is 58.1 Å². The van der Waals surface area contributed by atoms with Gasteiger partial charge in [0, 0.05) is 44.2 Å². The molecule has 0 unspecified atom stereocenters. The van der Waals surface area contributed by atoms with Crippen molar-refractivity contribution in [2.45, 2.75) is 31.4 Å². The van der Waals surface area contributed by atoms with Gasteiger partial charge in [0.25, 0.3) is 0 Å². The molecule has 0 aromatic carbocycles. The lowest BCUT2D eigenvalue weighted by atomic mass is 9.93. The Hall–Kier alpha value is -1.24. The summed E-state index contributed by atoms with van der Waals surface area (Å²) in [6, 6.07) is 0. The van der Waals surface area contributed by atoms with Crippen LogP contribution in [0.1, 0.15) is 25.7 Å². The SMILES string of the molecule is O=C(NCC1(F)CCN(c2ncc(Br)cn2)CC1)C1CC1. The molecule has 114 valence electrons. The van der Waals surface area contributed by atoms with E-state index in [1.807, 2.05) is 4.90 Å². The number of halogens is 2. The van der Waals surface area contributed by atoms with Gasteiger partial charge in [-0.05, 0) is 28.8 Å². The van der Waals surface area contributed by atoms with Gasteiger partial charge in [0.15, 0.2) is 0 Å². The molecule has 1 saturated heterocycles. The van der Waals surface area contributed by atoms with Crippen LogP contribution < -0.4 is 10.2 Å². The Morgan fingerprint density at radius 3 is 2.57 bits per heavy atom. The van der Waals surface area contributed by atoms with E-state index in [9.17, 15) is 9.18 Å². The third-order valence-corrected chi connectivity index (χ3v) is 4.49. The minimum absolute atomic E-state index is 0.00528. The van der Waals surface area contributed by atoms with Crippen molar-refractivity contribution in [1.82, 2.24) is 15.3 Å². The Morgan fingerprint density at radius 1 is 1.38 bits per heavy atom. The molecule has 0 spiro atoms. The van der Waals surface area contributed by atoms with Crippen molar-refractivity contribution < 1.29 is 9.18 Å². The fourth-order valence-electron chi connectivity index (χ4n) is 2.49. The Bertz CT molecular complexity index is 512. The molecule has 0 atom stereocenters. The summed E-state index contributed by atoms with van der Waals surface area (Å²) in [6.45, 7) is 1.26. The first-order valence-electron chi connectivity index (χ1n) is 7.25. The summed E-state index contributed by atoms with van der Waals surface area (Å²) in [6.07, 6.45) is 6.04. The molecule has 0 bridgehead atoms. The number of carbonyl (C=O) groups excluding carboxylic acids is 1. The fraction of sp³-hybridized carbons (Fsp3) is 0.643. The predicted molar refractivity (Wildman–Crippen MR) is 80.8 cm³/mol. The highest BCUT2D eigenvalue weighted by Crippen LogP contribution is 2.31. The summed E-state index contributed by atoms with van der Waals surface area (Å²) >= 11 is 3.29. The van der Waals surface area contributed by atoms with E-state index in [2.05, 4.69) is 31.2 Å². The van der Waals surface area contributed by atoms with Gasteiger partial charge in [0.1, 0.15) is 5.67 Å². The normalized spacial score (nSPS) is 21.1. The van der Waals surface area contributed by atoms with Crippen LogP contribution in [0, 0.1) is 5.92 Å². The van der Waals surface area contributed by atoms with E-state index in [0.29, 0.717) is 31.9 Å². The van der Waals surface area contributed by atoms with Crippen molar-refractivity contribution in [3.63, 3.8) is 0 Å². The highest BCUT2D eigenvalue weighted by molar-refractivity contribution is 9.10. The van der Waals surface area contributed by atoms with E-state index in [-0.39, 0.29) is 18.4 Å². The summed E-state index contributed by atoms with van der Waals surface area (Å²) in [5.74, 6) is 0.762. The molecule has 5 nitrogen and oxygen atoms in total. The number of anilines is 1. The molecule has 2 aliphatic rings. The number of amides is 1. The molecule has 3 rings (SSSR count). The minimum atomic E-state index is -1.31. The van der Waals surface area contributed by atoms with Gasteiger partial charge in [-0.3, -0.25) is 4.79 Å². The first-order valence-corrected chi connectivity index (χ1v) is 8.04. The molecule has 0 radical (unpaired) electrons. The molecular weight excluding hydrogens is 339 g/mol. The third-order valence-electron chi connectivity index (χ3n) is 4.08. The quantitative estimate of drug-likeness (QED) is 0.897. The molecule has 1 amide bonds. The molecule has 1 aromatic heterocycles. The third kappa shape index (κ3) is 3.70. The van der Waals surface area contributed by atoms with Crippen LogP contribution in [0.5, 0.6) is 0 Å². The Labute approximate surface area is 131 Å². The van der Waals surface area contributed by atoms with Crippen LogP contribution in [-0.2, 0) is 4.79 Å². The van der Waals surface area contributed by atoms with Crippen molar-refractivity contribution >= 4 is 27.8 Å². The van der Waals surface area contributed by atoms with Crippen LogP contribution in [-0.4, -0.2) is 41.2 Å². The summed E-state index contributed by atoms with van der Waals surface area (Å²) in [7, 11) is 0. The predicted octanol–water partition coefficient (Wildman–Crippen LogP) is 2.07. The number of aromatic nitrogens is 2. The lowest BCUT2D eigenvalue weighted by Crippen LogP contribution is -2.48. The van der Waals surface area contributed by atoms with E-state index in [1.165, 1.54) is 0 Å². The molecule has 2 fully saturated rings. The zero-order chi connectivity index (χ0) is 14.9. The largest absolute Gasteiger partial charge is 0.353 e. The smallest absolute Gasteiger partial charge is 0.225 e. The Morgan fingerprint density at radius 2 is 2.00 bits per heavy atom. The van der Waals surface area contributed by atoms with Crippen molar-refractivity contribution in [3.8, 4) is 0 Å². The highest BCUT2D eigenvalue weighted by Gasteiger charge is 2.37. The van der Waals surface area contributed by atoms with Crippen LogP contribution in [0.15, 0.2) is 16.9 Å². The maximum atomic E-state index is 14.7. The van der Waals surface area contributed by atoms with Crippen LogP contribution >= 0.6 is 15.9 Å². The van der Waals surface area contributed by atoms with Gasteiger partial charge in [-0.1, -0.05) is 0 Å². The second-order valence-corrected chi connectivity index (χ2v) is 6.75. The van der Waals surface area contributed by atoms with E-state index >= 15 is 0 Å².